The average molecular weight is 403 g/mol. The van der Waals surface area contributed by atoms with Gasteiger partial charge in [0.25, 0.3) is 0 Å². The molecule has 1 unspecified atom stereocenters. The fourth-order valence-electron chi connectivity index (χ4n) is 2.88. The summed E-state index contributed by atoms with van der Waals surface area (Å²) in [4.78, 5) is 19.7. The summed E-state index contributed by atoms with van der Waals surface area (Å²) in [6, 6.07) is 5.92. The average Bonchev–Trinajstić information content (AvgIpc) is 2.65. The highest BCUT2D eigenvalue weighted by Gasteiger charge is 2.18. The molecule has 0 saturated carbocycles. The van der Waals surface area contributed by atoms with Gasteiger partial charge in [-0.1, -0.05) is 26.0 Å². The molecule has 0 radical (unpaired) electrons. The standard InChI is InChI=1S/C21H26FN3O4/c1-12(2)19-17(9-8-15(26)10-16(27)11-18(28)29)20(25-21(23-3)24-19)13-4-6-14(22)7-5-13/h4-9,12,15-16,26-27H,10-11H2,1-3H3,(H,28,29)(H,23,24,25)/b9-8+/t15-,16?/m1/s1. The number of halogens is 1. The van der Waals surface area contributed by atoms with Crippen molar-refractivity contribution in [3.05, 3.63) is 47.4 Å². The molecule has 4 N–H and O–H groups in total. The number of carbonyl (C=O) groups is 1. The van der Waals surface area contributed by atoms with Crippen molar-refractivity contribution in [1.29, 1.82) is 0 Å². The van der Waals surface area contributed by atoms with Crippen molar-refractivity contribution in [3.63, 3.8) is 0 Å². The zero-order chi connectivity index (χ0) is 21.6. The van der Waals surface area contributed by atoms with Crippen molar-refractivity contribution in [3.8, 4) is 11.3 Å². The van der Waals surface area contributed by atoms with E-state index in [1.165, 1.54) is 18.2 Å². The Balaban J connectivity index is 2.45. The maximum Gasteiger partial charge on any atom is 0.305 e. The largest absolute Gasteiger partial charge is 0.481 e. The summed E-state index contributed by atoms with van der Waals surface area (Å²) in [5, 5.41) is 31.5. The van der Waals surface area contributed by atoms with Crippen LogP contribution in [0.2, 0.25) is 0 Å². The van der Waals surface area contributed by atoms with Gasteiger partial charge in [0.1, 0.15) is 5.82 Å². The SMILES string of the molecule is CNc1nc(-c2ccc(F)cc2)c(/C=C/[C@@H](O)CC(O)CC(=O)O)c(C(C)C)n1. The van der Waals surface area contributed by atoms with Crippen LogP contribution in [-0.4, -0.2) is 50.5 Å². The number of aliphatic hydroxyl groups is 2. The van der Waals surface area contributed by atoms with Gasteiger partial charge in [-0.3, -0.25) is 4.79 Å². The van der Waals surface area contributed by atoms with Gasteiger partial charge in [0.2, 0.25) is 5.95 Å². The van der Waals surface area contributed by atoms with E-state index >= 15 is 0 Å². The number of carboxylic acid groups (broad SMARTS) is 1. The van der Waals surface area contributed by atoms with E-state index in [1.54, 1.807) is 25.3 Å². The number of benzene rings is 1. The molecule has 0 fully saturated rings. The molecule has 0 aliphatic rings. The van der Waals surface area contributed by atoms with Crippen molar-refractivity contribution in [1.82, 2.24) is 9.97 Å². The Hall–Kier alpha value is -2.84. The van der Waals surface area contributed by atoms with E-state index in [0.717, 1.165) is 5.69 Å². The minimum absolute atomic E-state index is 0.0405. The van der Waals surface area contributed by atoms with Crippen LogP contribution in [0.15, 0.2) is 30.3 Å². The van der Waals surface area contributed by atoms with Gasteiger partial charge in [0.15, 0.2) is 0 Å². The summed E-state index contributed by atoms with van der Waals surface area (Å²) >= 11 is 0. The molecule has 1 aromatic carbocycles. The molecular formula is C21H26FN3O4. The number of hydrogen-bond acceptors (Lipinski definition) is 6. The second kappa shape index (κ2) is 10.1. The lowest BCUT2D eigenvalue weighted by Gasteiger charge is -2.16. The third-order valence-corrected chi connectivity index (χ3v) is 4.27. The van der Waals surface area contributed by atoms with Gasteiger partial charge in [0, 0.05) is 24.6 Å². The molecule has 1 aromatic heterocycles. The van der Waals surface area contributed by atoms with Crippen molar-refractivity contribution >= 4 is 18.0 Å². The number of nitrogens with one attached hydrogen (secondary N) is 1. The summed E-state index contributed by atoms with van der Waals surface area (Å²) in [7, 11) is 1.71. The first-order valence-electron chi connectivity index (χ1n) is 9.33. The maximum absolute atomic E-state index is 13.4. The molecule has 2 aromatic rings. The number of carboxylic acids is 1. The van der Waals surface area contributed by atoms with Crippen molar-refractivity contribution in [2.24, 2.45) is 0 Å². The first-order valence-corrected chi connectivity index (χ1v) is 9.33. The third-order valence-electron chi connectivity index (χ3n) is 4.27. The second-order valence-electron chi connectivity index (χ2n) is 7.02. The lowest BCUT2D eigenvalue weighted by atomic mass is 9.97. The van der Waals surface area contributed by atoms with Gasteiger partial charge in [-0.2, -0.15) is 0 Å². The summed E-state index contributed by atoms with van der Waals surface area (Å²) in [5.41, 5.74) is 2.66. The fraction of sp³-hybridized carbons (Fsp3) is 0.381. The van der Waals surface area contributed by atoms with Gasteiger partial charge in [-0.15, -0.1) is 0 Å². The van der Waals surface area contributed by atoms with Gasteiger partial charge < -0.3 is 20.6 Å². The van der Waals surface area contributed by atoms with E-state index in [0.29, 0.717) is 22.8 Å². The smallest absolute Gasteiger partial charge is 0.305 e. The number of anilines is 1. The zero-order valence-corrected chi connectivity index (χ0v) is 16.6. The van der Waals surface area contributed by atoms with Crippen molar-refractivity contribution in [2.45, 2.75) is 44.8 Å². The molecule has 0 aliphatic heterocycles. The molecule has 8 heteroatoms. The Bertz CT molecular complexity index is 869. The molecule has 29 heavy (non-hydrogen) atoms. The quantitative estimate of drug-likeness (QED) is 0.509. The fourth-order valence-corrected chi connectivity index (χ4v) is 2.88. The van der Waals surface area contributed by atoms with Crippen LogP contribution in [0.3, 0.4) is 0 Å². The monoisotopic (exact) mass is 403 g/mol. The number of aliphatic carboxylic acids is 1. The van der Waals surface area contributed by atoms with Crippen LogP contribution >= 0.6 is 0 Å². The van der Waals surface area contributed by atoms with E-state index in [1.807, 2.05) is 13.8 Å². The van der Waals surface area contributed by atoms with Gasteiger partial charge in [0.05, 0.1) is 30.0 Å². The first-order chi connectivity index (χ1) is 13.7. The van der Waals surface area contributed by atoms with E-state index in [9.17, 15) is 19.4 Å². The highest BCUT2D eigenvalue weighted by atomic mass is 19.1. The molecule has 0 aliphatic carbocycles. The number of aliphatic hydroxyl groups excluding tert-OH is 2. The first kappa shape index (κ1) is 22.4. The molecule has 0 spiro atoms. The van der Waals surface area contributed by atoms with E-state index in [2.05, 4.69) is 15.3 Å². The van der Waals surface area contributed by atoms with Crippen molar-refractivity contribution in [2.75, 3.05) is 12.4 Å². The molecule has 0 saturated heterocycles. The molecule has 0 amide bonds. The van der Waals surface area contributed by atoms with E-state index < -0.39 is 24.6 Å². The summed E-state index contributed by atoms with van der Waals surface area (Å²) in [5.74, 6) is -1.03. The zero-order valence-electron chi connectivity index (χ0n) is 16.6. The molecule has 0 bridgehead atoms. The predicted molar refractivity (Wildman–Crippen MR) is 109 cm³/mol. The summed E-state index contributed by atoms with van der Waals surface area (Å²) in [6.07, 6.45) is 0.378. The molecule has 2 atom stereocenters. The number of nitrogens with zero attached hydrogens (tertiary/aromatic N) is 2. The highest BCUT2D eigenvalue weighted by molar-refractivity contribution is 5.74. The Labute approximate surface area is 169 Å². The minimum Gasteiger partial charge on any atom is -0.481 e. The van der Waals surface area contributed by atoms with Crippen LogP contribution in [0.5, 0.6) is 0 Å². The number of aromatic nitrogens is 2. The predicted octanol–water partition coefficient (Wildman–Crippen LogP) is 3.05. The summed E-state index contributed by atoms with van der Waals surface area (Å²) in [6.45, 7) is 3.95. The lowest BCUT2D eigenvalue weighted by molar-refractivity contribution is -0.139. The van der Waals surface area contributed by atoms with Gasteiger partial charge in [-0.25, -0.2) is 14.4 Å². The summed E-state index contributed by atoms with van der Waals surface area (Å²) < 4.78 is 13.4. The van der Waals surface area contributed by atoms with Crippen LogP contribution in [0, 0.1) is 5.82 Å². The normalized spacial score (nSPS) is 13.6. The van der Waals surface area contributed by atoms with Crippen LogP contribution < -0.4 is 5.32 Å². The van der Waals surface area contributed by atoms with Crippen LogP contribution in [0.1, 0.15) is 43.9 Å². The van der Waals surface area contributed by atoms with Crippen LogP contribution in [0.25, 0.3) is 17.3 Å². The number of hydrogen-bond donors (Lipinski definition) is 4. The second-order valence-corrected chi connectivity index (χ2v) is 7.02. The van der Waals surface area contributed by atoms with E-state index in [4.69, 9.17) is 5.11 Å². The Morgan fingerprint density at radius 1 is 1.21 bits per heavy atom. The van der Waals surface area contributed by atoms with Gasteiger partial charge in [-0.05, 0) is 30.2 Å². The van der Waals surface area contributed by atoms with Crippen LogP contribution in [0.4, 0.5) is 10.3 Å². The number of rotatable bonds is 9. The van der Waals surface area contributed by atoms with Crippen molar-refractivity contribution < 1.29 is 24.5 Å². The Kier molecular flexibility index (Phi) is 7.81. The molecule has 156 valence electrons. The van der Waals surface area contributed by atoms with Crippen LogP contribution in [-0.2, 0) is 4.79 Å². The van der Waals surface area contributed by atoms with E-state index in [-0.39, 0.29) is 18.2 Å². The molecule has 1 heterocycles. The Morgan fingerprint density at radius 2 is 1.86 bits per heavy atom. The lowest BCUT2D eigenvalue weighted by Crippen LogP contribution is -2.19. The Morgan fingerprint density at radius 3 is 2.41 bits per heavy atom. The molecule has 7 nitrogen and oxygen atoms in total. The topological polar surface area (TPSA) is 116 Å². The highest BCUT2D eigenvalue weighted by Crippen LogP contribution is 2.30. The maximum atomic E-state index is 13.4. The third kappa shape index (κ3) is 6.33. The molecule has 2 rings (SSSR count). The molecular weight excluding hydrogens is 377 g/mol. The minimum atomic E-state index is -1.16. The van der Waals surface area contributed by atoms with Gasteiger partial charge >= 0.3 is 5.97 Å².